The maximum atomic E-state index is 3.53. The molecule has 1 N–H and O–H groups in total. The Labute approximate surface area is 89.7 Å². The minimum Gasteiger partial charge on any atom is -0.317 e. The normalized spacial score (nSPS) is 25.3. The largest absolute Gasteiger partial charge is 0.317 e. The molecule has 2 atom stereocenters. The van der Waals surface area contributed by atoms with E-state index in [0.717, 1.165) is 11.8 Å². The summed E-state index contributed by atoms with van der Waals surface area (Å²) in [6.07, 6.45) is 9.92. The molecule has 1 rings (SSSR count). The van der Waals surface area contributed by atoms with Gasteiger partial charge in [-0.05, 0) is 44.2 Å². The summed E-state index contributed by atoms with van der Waals surface area (Å²) < 4.78 is 0. The fourth-order valence-electron chi connectivity index (χ4n) is 2.20. The van der Waals surface area contributed by atoms with Gasteiger partial charge in [0.2, 0.25) is 0 Å². The molecule has 84 valence electrons. The van der Waals surface area contributed by atoms with E-state index in [9.17, 15) is 0 Å². The zero-order valence-electron chi connectivity index (χ0n) is 10.0. The second kappa shape index (κ2) is 7.28. The van der Waals surface area contributed by atoms with Gasteiger partial charge in [-0.3, -0.25) is 0 Å². The van der Waals surface area contributed by atoms with Crippen molar-refractivity contribution in [1.29, 1.82) is 0 Å². The maximum Gasteiger partial charge on any atom is -0.00462 e. The van der Waals surface area contributed by atoms with Crippen LogP contribution in [0, 0.1) is 11.8 Å². The van der Waals surface area contributed by atoms with Crippen LogP contribution in [0.1, 0.15) is 58.8 Å². The summed E-state index contributed by atoms with van der Waals surface area (Å²) in [5.74, 6) is 2.18. The molecule has 0 aromatic carbocycles. The summed E-state index contributed by atoms with van der Waals surface area (Å²) in [4.78, 5) is 0. The molecule has 0 amide bonds. The molecule has 1 nitrogen and oxygen atoms in total. The molecule has 0 aliphatic heterocycles. The summed E-state index contributed by atoms with van der Waals surface area (Å²) in [5, 5.41) is 3.53. The van der Waals surface area contributed by atoms with Crippen molar-refractivity contribution in [3.8, 4) is 0 Å². The summed E-state index contributed by atoms with van der Waals surface area (Å²) >= 11 is 0. The van der Waals surface area contributed by atoms with Gasteiger partial charge in [-0.1, -0.05) is 39.5 Å². The van der Waals surface area contributed by atoms with E-state index < -0.39 is 0 Å². The zero-order valence-corrected chi connectivity index (χ0v) is 10.0. The van der Waals surface area contributed by atoms with Crippen LogP contribution < -0.4 is 5.32 Å². The van der Waals surface area contributed by atoms with Gasteiger partial charge in [0.15, 0.2) is 0 Å². The Kier molecular flexibility index (Phi) is 6.25. The molecule has 0 bridgehead atoms. The molecule has 0 radical (unpaired) electrons. The van der Waals surface area contributed by atoms with Gasteiger partial charge in [0.05, 0.1) is 0 Å². The van der Waals surface area contributed by atoms with E-state index in [4.69, 9.17) is 0 Å². The molecule has 14 heavy (non-hydrogen) atoms. The number of hydrogen-bond acceptors (Lipinski definition) is 1. The third-order valence-electron chi connectivity index (χ3n) is 3.40. The van der Waals surface area contributed by atoms with Crippen LogP contribution in [-0.2, 0) is 0 Å². The number of unbranched alkanes of at least 4 members (excludes halogenated alkanes) is 2. The van der Waals surface area contributed by atoms with Crippen LogP contribution in [-0.4, -0.2) is 13.1 Å². The average molecular weight is 197 g/mol. The van der Waals surface area contributed by atoms with E-state index in [-0.39, 0.29) is 0 Å². The Morgan fingerprint density at radius 2 is 1.64 bits per heavy atom. The lowest BCUT2D eigenvalue weighted by Crippen LogP contribution is -2.17. The van der Waals surface area contributed by atoms with Crippen molar-refractivity contribution in [3.05, 3.63) is 0 Å². The van der Waals surface area contributed by atoms with Gasteiger partial charge in [-0.15, -0.1) is 0 Å². The minimum atomic E-state index is 1.08. The molecule has 0 heterocycles. The van der Waals surface area contributed by atoms with E-state index >= 15 is 0 Å². The Bertz CT molecular complexity index is 133. The standard InChI is InChI=1S/C13H27N/c1-3-5-7-12-11-13(12)8-10-14-9-6-4-2/h12-14H,3-11H2,1-2H3. The van der Waals surface area contributed by atoms with Crippen molar-refractivity contribution in [2.75, 3.05) is 13.1 Å². The lowest BCUT2D eigenvalue weighted by Gasteiger charge is -2.02. The zero-order chi connectivity index (χ0) is 10.2. The van der Waals surface area contributed by atoms with Crippen LogP contribution in [0.15, 0.2) is 0 Å². The van der Waals surface area contributed by atoms with E-state index in [2.05, 4.69) is 19.2 Å². The third-order valence-corrected chi connectivity index (χ3v) is 3.40. The van der Waals surface area contributed by atoms with Crippen LogP contribution >= 0.6 is 0 Å². The SMILES string of the molecule is CCCCNCCC1CC1CCCC. The van der Waals surface area contributed by atoms with E-state index in [0.29, 0.717) is 0 Å². The molecule has 0 aromatic heterocycles. The Hall–Kier alpha value is -0.0400. The maximum absolute atomic E-state index is 3.53. The molecule has 2 unspecified atom stereocenters. The predicted molar refractivity (Wildman–Crippen MR) is 63.5 cm³/mol. The van der Waals surface area contributed by atoms with Gasteiger partial charge in [0.1, 0.15) is 0 Å². The van der Waals surface area contributed by atoms with Crippen molar-refractivity contribution in [2.45, 2.75) is 58.8 Å². The van der Waals surface area contributed by atoms with Gasteiger partial charge in [-0.2, -0.15) is 0 Å². The fourth-order valence-corrected chi connectivity index (χ4v) is 2.20. The summed E-state index contributed by atoms with van der Waals surface area (Å²) in [7, 11) is 0. The predicted octanol–water partition coefficient (Wildman–Crippen LogP) is 3.59. The second-order valence-electron chi connectivity index (χ2n) is 4.79. The van der Waals surface area contributed by atoms with Crippen molar-refractivity contribution >= 4 is 0 Å². The van der Waals surface area contributed by atoms with Crippen LogP contribution in [0.5, 0.6) is 0 Å². The lowest BCUT2D eigenvalue weighted by atomic mass is 10.1. The van der Waals surface area contributed by atoms with Crippen LogP contribution in [0.25, 0.3) is 0 Å². The van der Waals surface area contributed by atoms with Crippen LogP contribution in [0.3, 0.4) is 0 Å². The molecular formula is C13H27N. The summed E-state index contributed by atoms with van der Waals surface area (Å²) in [6.45, 7) is 7.03. The molecule has 1 aliphatic rings. The molecule has 1 aliphatic carbocycles. The number of nitrogens with one attached hydrogen (secondary N) is 1. The Balaban J connectivity index is 1.80. The molecule has 1 fully saturated rings. The van der Waals surface area contributed by atoms with E-state index in [1.54, 1.807) is 0 Å². The molecule has 0 aromatic rings. The number of hydrogen-bond donors (Lipinski definition) is 1. The highest BCUT2D eigenvalue weighted by Gasteiger charge is 2.34. The Morgan fingerprint density at radius 1 is 0.929 bits per heavy atom. The van der Waals surface area contributed by atoms with Crippen LogP contribution in [0.2, 0.25) is 0 Å². The van der Waals surface area contributed by atoms with E-state index in [1.807, 2.05) is 0 Å². The first kappa shape index (κ1) is 12.0. The molecule has 1 heteroatoms. The van der Waals surface area contributed by atoms with Crippen molar-refractivity contribution < 1.29 is 0 Å². The molecule has 1 saturated carbocycles. The van der Waals surface area contributed by atoms with Crippen molar-refractivity contribution in [2.24, 2.45) is 11.8 Å². The summed E-state index contributed by atoms with van der Waals surface area (Å²) in [6, 6.07) is 0. The Morgan fingerprint density at radius 3 is 2.36 bits per heavy atom. The van der Waals surface area contributed by atoms with Gasteiger partial charge in [0.25, 0.3) is 0 Å². The summed E-state index contributed by atoms with van der Waals surface area (Å²) in [5.41, 5.74) is 0. The van der Waals surface area contributed by atoms with Gasteiger partial charge in [-0.25, -0.2) is 0 Å². The third kappa shape index (κ3) is 4.99. The minimum absolute atomic E-state index is 1.08. The van der Waals surface area contributed by atoms with Crippen LogP contribution in [0.4, 0.5) is 0 Å². The van der Waals surface area contributed by atoms with E-state index in [1.165, 1.54) is 58.0 Å². The topological polar surface area (TPSA) is 12.0 Å². The monoisotopic (exact) mass is 197 g/mol. The highest BCUT2D eigenvalue weighted by molar-refractivity contribution is 4.86. The smallest absolute Gasteiger partial charge is 0.00462 e. The highest BCUT2D eigenvalue weighted by Crippen LogP contribution is 2.44. The van der Waals surface area contributed by atoms with Crippen molar-refractivity contribution in [3.63, 3.8) is 0 Å². The first-order chi connectivity index (χ1) is 6.88. The lowest BCUT2D eigenvalue weighted by molar-refractivity contribution is 0.543. The van der Waals surface area contributed by atoms with Crippen molar-refractivity contribution in [1.82, 2.24) is 5.32 Å². The van der Waals surface area contributed by atoms with Gasteiger partial charge in [0, 0.05) is 0 Å². The molecular weight excluding hydrogens is 170 g/mol. The first-order valence-corrected chi connectivity index (χ1v) is 6.59. The fraction of sp³-hybridized carbons (Fsp3) is 1.00. The van der Waals surface area contributed by atoms with Gasteiger partial charge >= 0.3 is 0 Å². The van der Waals surface area contributed by atoms with Gasteiger partial charge < -0.3 is 5.32 Å². The molecule has 0 saturated heterocycles. The second-order valence-corrected chi connectivity index (χ2v) is 4.79. The quantitative estimate of drug-likeness (QED) is 0.557. The molecule has 0 spiro atoms. The number of rotatable bonds is 9. The highest BCUT2D eigenvalue weighted by atomic mass is 14.8. The average Bonchev–Trinajstić information content (AvgIpc) is 2.93. The first-order valence-electron chi connectivity index (χ1n) is 6.59.